The molecule has 9 heteroatoms. The van der Waals surface area contributed by atoms with Crippen LogP contribution in [0.3, 0.4) is 0 Å². The zero-order valence-electron chi connectivity index (χ0n) is 8.43. The monoisotopic (exact) mass is 273 g/mol. The first-order valence-electron chi connectivity index (χ1n) is 3.64. The molecule has 0 spiro atoms. The topological polar surface area (TPSA) is 100 Å². The zero-order chi connectivity index (χ0) is 11.8. The van der Waals surface area contributed by atoms with Gasteiger partial charge in [-0.1, -0.05) is 11.6 Å². The van der Waals surface area contributed by atoms with Gasteiger partial charge in [0.15, 0.2) is 0 Å². The second-order valence-corrected chi connectivity index (χ2v) is 4.54. The molecule has 0 N–H and O–H groups in total. The summed E-state index contributed by atoms with van der Waals surface area (Å²) >= 11 is 5.49. The van der Waals surface area contributed by atoms with Crippen molar-refractivity contribution in [2.45, 2.75) is 11.8 Å². The summed E-state index contributed by atoms with van der Waals surface area (Å²) in [6.45, 7) is 1.39. The van der Waals surface area contributed by atoms with Gasteiger partial charge in [0.05, 0.1) is 14.8 Å². The van der Waals surface area contributed by atoms with Gasteiger partial charge < -0.3 is 4.55 Å². The summed E-state index contributed by atoms with van der Waals surface area (Å²) in [4.78, 5) is 8.92. The maximum Gasteiger partial charge on any atom is 1.00 e. The third-order valence-corrected chi connectivity index (χ3v) is 3.02. The van der Waals surface area contributed by atoms with Gasteiger partial charge in [-0.15, -0.1) is 0 Å². The molecule has 0 atom stereocenters. The fraction of sp³-hybridized carbons (Fsp3) is 0.143. The Morgan fingerprint density at radius 3 is 2.25 bits per heavy atom. The van der Waals surface area contributed by atoms with E-state index in [9.17, 15) is 23.1 Å². The van der Waals surface area contributed by atoms with E-state index in [4.69, 9.17) is 11.6 Å². The van der Waals surface area contributed by atoms with Crippen molar-refractivity contribution in [2.24, 2.45) is 0 Å². The molecule has 0 bridgehead atoms. The molecule has 16 heavy (non-hydrogen) atoms. The van der Waals surface area contributed by atoms with Crippen molar-refractivity contribution in [3.63, 3.8) is 0 Å². The summed E-state index contributed by atoms with van der Waals surface area (Å²) in [5, 5.41) is 10.2. The summed E-state index contributed by atoms with van der Waals surface area (Å²) in [5.41, 5.74) is -0.258. The van der Waals surface area contributed by atoms with E-state index in [1.54, 1.807) is 0 Å². The van der Waals surface area contributed by atoms with Gasteiger partial charge in [-0.05, 0) is 13.0 Å². The molecule has 0 aromatic heterocycles. The molecule has 0 aliphatic heterocycles. The molecule has 0 aliphatic rings. The van der Waals surface area contributed by atoms with E-state index in [0.29, 0.717) is 6.07 Å². The van der Waals surface area contributed by atoms with Crippen molar-refractivity contribution in [3.05, 3.63) is 32.8 Å². The summed E-state index contributed by atoms with van der Waals surface area (Å²) in [6.07, 6.45) is 0. The maximum atomic E-state index is 10.7. The van der Waals surface area contributed by atoms with Crippen LogP contribution in [-0.2, 0) is 10.1 Å². The number of hydrogen-bond donors (Lipinski definition) is 0. The van der Waals surface area contributed by atoms with Gasteiger partial charge in [-0.3, -0.25) is 10.1 Å². The maximum absolute atomic E-state index is 10.7. The van der Waals surface area contributed by atoms with Gasteiger partial charge >= 0.3 is 29.6 Å². The van der Waals surface area contributed by atoms with Crippen molar-refractivity contribution in [1.29, 1.82) is 0 Å². The van der Waals surface area contributed by atoms with Gasteiger partial charge in [-0.2, -0.15) is 0 Å². The van der Waals surface area contributed by atoms with Crippen molar-refractivity contribution in [2.75, 3.05) is 0 Å². The number of nitro groups is 1. The van der Waals surface area contributed by atoms with Gasteiger partial charge in [0.1, 0.15) is 10.1 Å². The minimum Gasteiger partial charge on any atom is -0.744 e. The second-order valence-electron chi connectivity index (χ2n) is 2.78. The zero-order valence-corrected chi connectivity index (χ0v) is 12.0. The van der Waals surface area contributed by atoms with Crippen LogP contribution in [0.5, 0.6) is 0 Å². The molecule has 82 valence electrons. The van der Waals surface area contributed by atoms with Crippen LogP contribution in [0.2, 0.25) is 5.02 Å². The molecule has 0 saturated heterocycles. The van der Waals surface area contributed by atoms with Crippen LogP contribution in [-0.4, -0.2) is 17.9 Å². The van der Waals surface area contributed by atoms with Crippen LogP contribution in [0.4, 0.5) is 5.69 Å². The number of aryl methyl sites for hydroxylation is 1. The van der Waals surface area contributed by atoms with Crippen LogP contribution in [0.25, 0.3) is 0 Å². The second kappa shape index (κ2) is 5.44. The van der Waals surface area contributed by atoms with Gasteiger partial charge in [0, 0.05) is 11.6 Å². The SMILES string of the molecule is Cc1cc(Cl)c(S(=O)(=O)[O-])cc1[N+](=O)[O-].[Na+]. The quantitative estimate of drug-likeness (QED) is 0.281. The molecule has 0 amide bonds. The fourth-order valence-corrected chi connectivity index (χ4v) is 2.09. The van der Waals surface area contributed by atoms with Crippen molar-refractivity contribution in [1.82, 2.24) is 0 Å². The van der Waals surface area contributed by atoms with E-state index in [1.165, 1.54) is 6.92 Å². The first-order valence-corrected chi connectivity index (χ1v) is 5.42. The van der Waals surface area contributed by atoms with E-state index < -0.39 is 25.6 Å². The smallest absolute Gasteiger partial charge is 0.744 e. The molecule has 0 aliphatic carbocycles. The van der Waals surface area contributed by atoms with Crippen LogP contribution < -0.4 is 29.6 Å². The first kappa shape index (κ1) is 15.8. The van der Waals surface area contributed by atoms with Crippen molar-refractivity contribution in [3.8, 4) is 0 Å². The Hall–Kier alpha value is -0.180. The third kappa shape index (κ3) is 3.41. The number of nitrogens with zero attached hydrogens (tertiary/aromatic N) is 1. The number of rotatable bonds is 2. The molecule has 6 nitrogen and oxygen atoms in total. The number of nitro benzene ring substituents is 1. The van der Waals surface area contributed by atoms with E-state index >= 15 is 0 Å². The average molecular weight is 274 g/mol. The van der Waals surface area contributed by atoms with Crippen LogP contribution in [0.15, 0.2) is 17.0 Å². The van der Waals surface area contributed by atoms with E-state index in [0.717, 1.165) is 6.07 Å². The van der Waals surface area contributed by atoms with Gasteiger partial charge in [0.25, 0.3) is 5.69 Å². The number of halogens is 1. The summed E-state index contributed by atoms with van der Waals surface area (Å²) in [6, 6.07) is 1.74. The molecule has 1 aromatic rings. The van der Waals surface area contributed by atoms with E-state index in [1.807, 2.05) is 0 Å². The van der Waals surface area contributed by atoms with Crippen molar-refractivity contribution >= 4 is 27.4 Å². The summed E-state index contributed by atoms with van der Waals surface area (Å²) in [5.74, 6) is 0. The molecule has 0 fully saturated rings. The van der Waals surface area contributed by atoms with Crippen LogP contribution >= 0.6 is 11.6 Å². The van der Waals surface area contributed by atoms with Crippen LogP contribution in [0.1, 0.15) is 5.56 Å². The predicted molar refractivity (Wildman–Crippen MR) is 50.8 cm³/mol. The van der Waals surface area contributed by atoms with Crippen molar-refractivity contribution < 1.29 is 47.5 Å². The molecule has 1 aromatic carbocycles. The Balaban J connectivity index is 0.00000225. The minimum absolute atomic E-state index is 0. The standard InChI is InChI=1S/C7H6ClNO5S.Na/c1-4-2-5(8)7(15(12,13)14)3-6(4)9(10)11;/h2-3H,1H3,(H,12,13,14);/q;+1/p-1. The minimum atomic E-state index is -4.79. The third-order valence-electron chi connectivity index (χ3n) is 1.72. The molecule has 0 saturated carbocycles. The summed E-state index contributed by atoms with van der Waals surface area (Å²) in [7, 11) is -4.79. The largest absolute Gasteiger partial charge is 1.00 e. The molecular weight excluding hydrogens is 269 g/mol. The van der Waals surface area contributed by atoms with E-state index in [-0.39, 0.29) is 40.1 Å². The van der Waals surface area contributed by atoms with Gasteiger partial charge in [-0.25, -0.2) is 8.42 Å². The average Bonchev–Trinajstić information content (AvgIpc) is 2.00. The normalized spacial score (nSPS) is 10.7. The molecule has 1 rings (SSSR count). The Labute approximate surface area is 119 Å². The van der Waals surface area contributed by atoms with Crippen LogP contribution in [0, 0.1) is 17.0 Å². The predicted octanol–water partition coefficient (Wildman–Crippen LogP) is -1.54. The van der Waals surface area contributed by atoms with E-state index in [2.05, 4.69) is 0 Å². The Morgan fingerprint density at radius 1 is 1.38 bits per heavy atom. The first-order chi connectivity index (χ1) is 6.73. The Morgan fingerprint density at radius 2 is 1.88 bits per heavy atom. The fourth-order valence-electron chi connectivity index (χ4n) is 1.03. The Bertz CT molecular complexity index is 530. The number of hydrogen-bond acceptors (Lipinski definition) is 5. The molecule has 0 heterocycles. The molecule has 0 unspecified atom stereocenters. The number of benzene rings is 1. The van der Waals surface area contributed by atoms with Gasteiger partial charge in [0.2, 0.25) is 0 Å². The molecular formula is C7H5ClNNaO5S. The molecule has 0 radical (unpaired) electrons. The summed E-state index contributed by atoms with van der Waals surface area (Å²) < 4.78 is 32.0. The Kier molecular flexibility index (Phi) is 5.37.